The molecule has 4 rings (SSSR count). The van der Waals surface area contributed by atoms with Crippen molar-refractivity contribution in [1.29, 1.82) is 0 Å². The highest BCUT2D eigenvalue weighted by Gasteiger charge is 2.38. The van der Waals surface area contributed by atoms with Gasteiger partial charge in [-0.2, -0.15) is 26.3 Å². The Bertz CT molecular complexity index is 1200. The SMILES string of the molecule is CC1CCCN1C1CCN(c2ccc(NC(=O)c3cccc(N(C)C)c3)c(C(F)(F)F)c2)C1.O=C(O)C(F)(F)F. The third-order valence-corrected chi connectivity index (χ3v) is 7.03. The smallest absolute Gasteiger partial charge is 0.475 e. The summed E-state index contributed by atoms with van der Waals surface area (Å²) in [5.41, 5.74) is 0.597. The van der Waals surface area contributed by atoms with Crippen LogP contribution in [0.2, 0.25) is 0 Å². The van der Waals surface area contributed by atoms with Crippen LogP contribution in [-0.2, 0) is 11.0 Å². The minimum absolute atomic E-state index is 0.226. The van der Waals surface area contributed by atoms with Crippen LogP contribution in [0, 0.1) is 0 Å². The molecule has 13 heteroatoms. The number of carboxylic acids is 1. The van der Waals surface area contributed by atoms with Crippen LogP contribution in [0.15, 0.2) is 42.5 Å². The van der Waals surface area contributed by atoms with Gasteiger partial charge in [0.25, 0.3) is 5.91 Å². The molecular weight excluding hydrogens is 542 g/mol. The van der Waals surface area contributed by atoms with E-state index in [4.69, 9.17) is 9.90 Å². The van der Waals surface area contributed by atoms with Gasteiger partial charge in [-0.1, -0.05) is 6.07 Å². The van der Waals surface area contributed by atoms with E-state index in [0.717, 1.165) is 31.7 Å². The van der Waals surface area contributed by atoms with E-state index >= 15 is 0 Å². The number of aliphatic carboxylic acids is 1. The molecule has 0 spiro atoms. The zero-order valence-electron chi connectivity index (χ0n) is 22.3. The second-order valence-electron chi connectivity index (χ2n) is 10.0. The molecule has 40 heavy (non-hydrogen) atoms. The van der Waals surface area contributed by atoms with Crippen molar-refractivity contribution in [2.75, 3.05) is 48.8 Å². The zero-order chi connectivity index (χ0) is 29.8. The number of hydrogen-bond donors (Lipinski definition) is 2. The Morgan fingerprint density at radius 1 is 1.00 bits per heavy atom. The Kier molecular flexibility index (Phi) is 9.60. The molecule has 2 aliphatic rings. The molecule has 0 aromatic heterocycles. The predicted octanol–water partition coefficient (Wildman–Crippen LogP) is 5.72. The van der Waals surface area contributed by atoms with Crippen molar-refractivity contribution in [2.45, 2.75) is 50.6 Å². The van der Waals surface area contributed by atoms with E-state index in [1.807, 2.05) is 30.0 Å². The quantitative estimate of drug-likeness (QED) is 0.445. The van der Waals surface area contributed by atoms with Crippen LogP contribution >= 0.6 is 0 Å². The fourth-order valence-electron chi connectivity index (χ4n) is 4.94. The molecule has 2 aromatic rings. The highest BCUT2D eigenvalue weighted by molar-refractivity contribution is 6.05. The van der Waals surface area contributed by atoms with Gasteiger partial charge in [0.2, 0.25) is 0 Å². The number of likely N-dealkylation sites (tertiary alicyclic amines) is 1. The third kappa shape index (κ3) is 7.80. The monoisotopic (exact) mass is 574 g/mol. The maximum atomic E-state index is 13.9. The van der Waals surface area contributed by atoms with Crippen molar-refractivity contribution in [3.05, 3.63) is 53.6 Å². The van der Waals surface area contributed by atoms with E-state index in [2.05, 4.69) is 17.1 Å². The number of nitrogens with one attached hydrogen (secondary N) is 1. The first-order valence-electron chi connectivity index (χ1n) is 12.7. The Morgan fingerprint density at radius 3 is 2.23 bits per heavy atom. The van der Waals surface area contributed by atoms with Crippen LogP contribution < -0.4 is 15.1 Å². The van der Waals surface area contributed by atoms with Crippen molar-refractivity contribution >= 4 is 28.9 Å². The number of carbonyl (C=O) groups is 2. The van der Waals surface area contributed by atoms with Crippen LogP contribution in [-0.4, -0.2) is 73.9 Å². The summed E-state index contributed by atoms with van der Waals surface area (Å²) in [7, 11) is 3.68. The lowest BCUT2D eigenvalue weighted by Gasteiger charge is -2.29. The maximum Gasteiger partial charge on any atom is 0.490 e. The number of benzene rings is 2. The van der Waals surface area contributed by atoms with Crippen LogP contribution in [0.5, 0.6) is 0 Å². The van der Waals surface area contributed by atoms with Gasteiger partial charge < -0.3 is 20.2 Å². The summed E-state index contributed by atoms with van der Waals surface area (Å²) in [6.07, 6.45) is -6.35. The van der Waals surface area contributed by atoms with Crippen molar-refractivity contribution in [2.24, 2.45) is 0 Å². The number of hydrogen-bond acceptors (Lipinski definition) is 5. The van der Waals surface area contributed by atoms with Crippen LogP contribution in [0.25, 0.3) is 0 Å². The fourth-order valence-corrected chi connectivity index (χ4v) is 4.94. The van der Waals surface area contributed by atoms with Crippen molar-refractivity contribution < 1.29 is 41.0 Å². The molecule has 2 unspecified atom stereocenters. The summed E-state index contributed by atoms with van der Waals surface area (Å²) in [6, 6.07) is 11.9. The van der Waals surface area contributed by atoms with Crippen molar-refractivity contribution in [3.63, 3.8) is 0 Å². The topological polar surface area (TPSA) is 76.1 Å². The number of amides is 1. The highest BCUT2D eigenvalue weighted by atomic mass is 19.4. The number of carbonyl (C=O) groups excluding carboxylic acids is 1. The number of nitrogens with zero attached hydrogens (tertiary/aromatic N) is 3. The zero-order valence-corrected chi connectivity index (χ0v) is 22.3. The minimum Gasteiger partial charge on any atom is -0.475 e. The van der Waals surface area contributed by atoms with Crippen molar-refractivity contribution in [3.8, 4) is 0 Å². The molecule has 220 valence electrons. The molecule has 0 bridgehead atoms. The second-order valence-corrected chi connectivity index (χ2v) is 10.0. The van der Waals surface area contributed by atoms with Gasteiger partial charge in [0.1, 0.15) is 0 Å². The lowest BCUT2D eigenvalue weighted by Crippen LogP contribution is -2.39. The molecule has 2 fully saturated rings. The first-order chi connectivity index (χ1) is 18.6. The number of halogens is 6. The summed E-state index contributed by atoms with van der Waals surface area (Å²) in [4.78, 5) is 28.0. The molecule has 1 amide bonds. The van der Waals surface area contributed by atoms with E-state index in [0.29, 0.717) is 23.3 Å². The van der Waals surface area contributed by atoms with Gasteiger partial charge in [-0.05, 0) is 69.1 Å². The maximum absolute atomic E-state index is 13.9. The molecular formula is C27H32F6N4O3. The van der Waals surface area contributed by atoms with Gasteiger partial charge in [-0.15, -0.1) is 0 Å². The number of anilines is 3. The van der Waals surface area contributed by atoms with Gasteiger partial charge in [0.05, 0.1) is 11.3 Å². The van der Waals surface area contributed by atoms with E-state index in [1.54, 1.807) is 24.3 Å². The van der Waals surface area contributed by atoms with E-state index in [-0.39, 0.29) is 5.69 Å². The normalized spacial score (nSPS) is 19.7. The Balaban J connectivity index is 0.000000559. The molecule has 0 radical (unpaired) electrons. The van der Waals surface area contributed by atoms with Crippen molar-refractivity contribution in [1.82, 2.24) is 4.90 Å². The standard InChI is InChI=1S/C25H31F3N4O.C2HF3O2/c1-17-6-5-12-32(17)21-11-13-31(16-21)20-9-10-23(22(15-20)25(26,27)28)29-24(33)18-7-4-8-19(14-18)30(2)3;3-2(4,5)1(6)7/h4,7-10,14-15,17,21H,5-6,11-13,16H2,1-3H3,(H,29,33);(H,6,7). The Hall–Kier alpha value is -3.48. The van der Waals surface area contributed by atoms with Crippen LogP contribution in [0.1, 0.15) is 42.1 Å². The first-order valence-corrected chi connectivity index (χ1v) is 12.7. The number of alkyl halides is 6. The summed E-state index contributed by atoms with van der Waals surface area (Å²) < 4.78 is 73.5. The summed E-state index contributed by atoms with van der Waals surface area (Å²) in [5, 5.41) is 9.60. The molecule has 0 aliphatic carbocycles. The van der Waals surface area contributed by atoms with E-state index in [1.165, 1.54) is 25.0 Å². The summed E-state index contributed by atoms with van der Waals surface area (Å²) >= 11 is 0. The van der Waals surface area contributed by atoms with E-state index < -0.39 is 29.8 Å². The first kappa shape index (κ1) is 31.1. The molecule has 2 heterocycles. The van der Waals surface area contributed by atoms with E-state index in [9.17, 15) is 31.1 Å². The van der Waals surface area contributed by atoms with Gasteiger partial charge in [0, 0.05) is 56.2 Å². The largest absolute Gasteiger partial charge is 0.490 e. The number of carboxylic acid groups (broad SMARTS) is 1. The Labute approximate surface area is 228 Å². The average molecular weight is 575 g/mol. The second kappa shape index (κ2) is 12.4. The Morgan fingerprint density at radius 2 is 1.68 bits per heavy atom. The lowest BCUT2D eigenvalue weighted by molar-refractivity contribution is -0.192. The molecule has 7 nitrogen and oxygen atoms in total. The average Bonchev–Trinajstić information content (AvgIpc) is 3.52. The van der Waals surface area contributed by atoms with Gasteiger partial charge >= 0.3 is 18.3 Å². The van der Waals surface area contributed by atoms with Gasteiger partial charge in [-0.3, -0.25) is 9.69 Å². The molecule has 0 saturated carbocycles. The van der Waals surface area contributed by atoms with Gasteiger partial charge in [0.15, 0.2) is 0 Å². The number of rotatable bonds is 5. The third-order valence-electron chi connectivity index (χ3n) is 7.03. The highest BCUT2D eigenvalue weighted by Crippen LogP contribution is 2.39. The van der Waals surface area contributed by atoms with Gasteiger partial charge in [-0.25, -0.2) is 4.79 Å². The molecule has 2 saturated heterocycles. The molecule has 2 atom stereocenters. The molecule has 2 aliphatic heterocycles. The fraction of sp³-hybridized carbons (Fsp3) is 0.481. The van der Waals surface area contributed by atoms with Crippen LogP contribution in [0.3, 0.4) is 0 Å². The van der Waals surface area contributed by atoms with Crippen LogP contribution in [0.4, 0.5) is 43.4 Å². The molecule has 2 N–H and O–H groups in total. The lowest BCUT2D eigenvalue weighted by atomic mass is 10.1. The minimum atomic E-state index is -5.08. The summed E-state index contributed by atoms with van der Waals surface area (Å²) in [6.45, 7) is 4.75. The molecule has 2 aromatic carbocycles. The summed E-state index contributed by atoms with van der Waals surface area (Å²) in [5.74, 6) is -3.33. The predicted molar refractivity (Wildman–Crippen MR) is 140 cm³/mol.